The first kappa shape index (κ1) is 12.6. The molecule has 98 valence electrons. The summed E-state index contributed by atoms with van der Waals surface area (Å²) in [5.74, 6) is 0.373. The summed E-state index contributed by atoms with van der Waals surface area (Å²) in [7, 11) is 0. The molecule has 0 atom stereocenters. The van der Waals surface area contributed by atoms with Crippen LogP contribution in [0.25, 0.3) is 0 Å². The molecule has 1 aliphatic rings. The molecule has 1 aromatic carbocycles. The standard InChI is InChI=1S/C14H15BrN4/c15-12-4-2-1-3-10(12)8-19-6-5-13-11(9-19)7-17-14(16)18-13/h1-4,7H,5-6,8-9H2,(H2,16,17,18). The van der Waals surface area contributed by atoms with Crippen LogP contribution in [0.4, 0.5) is 5.95 Å². The number of hydrogen-bond donors (Lipinski definition) is 1. The van der Waals surface area contributed by atoms with E-state index < -0.39 is 0 Å². The van der Waals surface area contributed by atoms with Crippen molar-refractivity contribution in [3.63, 3.8) is 0 Å². The molecule has 2 heterocycles. The molecule has 5 heteroatoms. The van der Waals surface area contributed by atoms with Gasteiger partial charge in [-0.2, -0.15) is 0 Å². The Morgan fingerprint density at radius 3 is 3.00 bits per heavy atom. The van der Waals surface area contributed by atoms with Gasteiger partial charge in [0.2, 0.25) is 5.95 Å². The second-order valence-corrected chi connectivity index (χ2v) is 5.61. The molecule has 0 spiro atoms. The molecule has 0 radical (unpaired) electrons. The minimum Gasteiger partial charge on any atom is -0.368 e. The molecular formula is C14H15BrN4. The molecular weight excluding hydrogens is 304 g/mol. The Morgan fingerprint density at radius 2 is 2.16 bits per heavy atom. The van der Waals surface area contributed by atoms with Gasteiger partial charge in [-0.05, 0) is 11.6 Å². The number of nitrogens with zero attached hydrogens (tertiary/aromatic N) is 3. The maximum atomic E-state index is 5.62. The highest BCUT2D eigenvalue weighted by Crippen LogP contribution is 2.22. The topological polar surface area (TPSA) is 55.0 Å². The van der Waals surface area contributed by atoms with Gasteiger partial charge < -0.3 is 5.73 Å². The Kier molecular flexibility index (Phi) is 3.48. The highest BCUT2D eigenvalue weighted by molar-refractivity contribution is 9.10. The maximum Gasteiger partial charge on any atom is 0.220 e. The molecule has 2 N–H and O–H groups in total. The summed E-state index contributed by atoms with van der Waals surface area (Å²) in [6, 6.07) is 8.34. The number of hydrogen-bond acceptors (Lipinski definition) is 4. The molecule has 0 saturated heterocycles. The van der Waals surface area contributed by atoms with Crippen LogP contribution in [0.15, 0.2) is 34.9 Å². The van der Waals surface area contributed by atoms with Crippen molar-refractivity contribution in [2.24, 2.45) is 0 Å². The highest BCUT2D eigenvalue weighted by Gasteiger charge is 2.18. The smallest absolute Gasteiger partial charge is 0.220 e. The molecule has 1 aliphatic heterocycles. The van der Waals surface area contributed by atoms with Gasteiger partial charge >= 0.3 is 0 Å². The SMILES string of the molecule is Nc1ncc2c(n1)CCN(Cc1ccccc1Br)C2. The van der Waals surface area contributed by atoms with Crippen molar-refractivity contribution in [3.05, 3.63) is 51.8 Å². The Bertz CT molecular complexity index is 600. The monoisotopic (exact) mass is 318 g/mol. The normalized spacial score (nSPS) is 15.2. The van der Waals surface area contributed by atoms with E-state index in [4.69, 9.17) is 5.73 Å². The van der Waals surface area contributed by atoms with Crippen molar-refractivity contribution in [1.82, 2.24) is 14.9 Å². The second kappa shape index (κ2) is 5.27. The molecule has 3 rings (SSSR count). The van der Waals surface area contributed by atoms with Crippen LogP contribution in [0.1, 0.15) is 16.8 Å². The van der Waals surface area contributed by atoms with E-state index in [1.54, 1.807) is 0 Å². The van der Waals surface area contributed by atoms with E-state index in [0.29, 0.717) is 5.95 Å². The highest BCUT2D eigenvalue weighted by atomic mass is 79.9. The maximum absolute atomic E-state index is 5.62. The van der Waals surface area contributed by atoms with E-state index in [1.165, 1.54) is 11.1 Å². The largest absolute Gasteiger partial charge is 0.368 e. The predicted octanol–water partition coefficient (Wildman–Crippen LogP) is 2.38. The molecule has 1 aromatic heterocycles. The number of aromatic nitrogens is 2. The van der Waals surface area contributed by atoms with Crippen LogP contribution in [0.2, 0.25) is 0 Å². The van der Waals surface area contributed by atoms with Gasteiger partial charge in [-0.1, -0.05) is 34.1 Å². The quantitative estimate of drug-likeness (QED) is 0.923. The Hall–Kier alpha value is -1.46. The summed E-state index contributed by atoms with van der Waals surface area (Å²) >= 11 is 3.60. The zero-order valence-corrected chi connectivity index (χ0v) is 12.1. The zero-order chi connectivity index (χ0) is 13.2. The number of anilines is 1. The molecule has 0 saturated carbocycles. The minimum atomic E-state index is 0.373. The van der Waals surface area contributed by atoms with E-state index in [-0.39, 0.29) is 0 Å². The lowest BCUT2D eigenvalue weighted by atomic mass is 10.1. The van der Waals surface area contributed by atoms with E-state index in [2.05, 4.69) is 49.0 Å². The lowest BCUT2D eigenvalue weighted by Gasteiger charge is -2.28. The minimum absolute atomic E-state index is 0.373. The summed E-state index contributed by atoms with van der Waals surface area (Å²) in [5, 5.41) is 0. The van der Waals surface area contributed by atoms with Gasteiger partial charge in [0, 0.05) is 42.3 Å². The summed E-state index contributed by atoms with van der Waals surface area (Å²) in [6.07, 6.45) is 2.79. The van der Waals surface area contributed by atoms with E-state index in [0.717, 1.165) is 36.2 Å². The molecule has 0 aliphatic carbocycles. The summed E-state index contributed by atoms with van der Waals surface area (Å²) in [6.45, 7) is 2.83. The van der Waals surface area contributed by atoms with Crippen molar-refractivity contribution in [1.29, 1.82) is 0 Å². The molecule has 0 amide bonds. The van der Waals surface area contributed by atoms with Crippen LogP contribution in [0, 0.1) is 0 Å². The van der Waals surface area contributed by atoms with Crippen LogP contribution >= 0.6 is 15.9 Å². The van der Waals surface area contributed by atoms with Crippen molar-refractivity contribution in [3.8, 4) is 0 Å². The van der Waals surface area contributed by atoms with E-state index in [9.17, 15) is 0 Å². The van der Waals surface area contributed by atoms with Crippen LogP contribution in [0.5, 0.6) is 0 Å². The van der Waals surface area contributed by atoms with Gasteiger partial charge in [0.15, 0.2) is 0 Å². The molecule has 4 nitrogen and oxygen atoms in total. The van der Waals surface area contributed by atoms with E-state index >= 15 is 0 Å². The van der Waals surface area contributed by atoms with Crippen LogP contribution < -0.4 is 5.73 Å². The first-order chi connectivity index (χ1) is 9.22. The van der Waals surface area contributed by atoms with Crippen LogP contribution in [0.3, 0.4) is 0 Å². The van der Waals surface area contributed by atoms with Gasteiger partial charge in [-0.15, -0.1) is 0 Å². The summed E-state index contributed by atoms with van der Waals surface area (Å²) in [4.78, 5) is 10.8. The van der Waals surface area contributed by atoms with Crippen molar-refractivity contribution in [2.75, 3.05) is 12.3 Å². The first-order valence-electron chi connectivity index (χ1n) is 6.28. The van der Waals surface area contributed by atoms with Gasteiger partial charge in [-0.25, -0.2) is 9.97 Å². The average molecular weight is 319 g/mol. The summed E-state index contributed by atoms with van der Waals surface area (Å²) < 4.78 is 1.16. The third-order valence-corrected chi connectivity index (χ3v) is 4.16. The Morgan fingerprint density at radius 1 is 1.32 bits per heavy atom. The number of halogens is 1. The van der Waals surface area contributed by atoms with Crippen molar-refractivity contribution in [2.45, 2.75) is 19.5 Å². The Labute approximate surface area is 120 Å². The number of nitrogen functional groups attached to an aromatic ring is 1. The first-order valence-corrected chi connectivity index (χ1v) is 7.08. The fourth-order valence-corrected chi connectivity index (χ4v) is 2.80. The van der Waals surface area contributed by atoms with Crippen LogP contribution in [-0.4, -0.2) is 21.4 Å². The van der Waals surface area contributed by atoms with E-state index in [1.807, 2.05) is 12.3 Å². The third kappa shape index (κ3) is 2.77. The average Bonchev–Trinajstić information content (AvgIpc) is 2.41. The fourth-order valence-electron chi connectivity index (χ4n) is 2.39. The Balaban J connectivity index is 1.76. The van der Waals surface area contributed by atoms with Gasteiger partial charge in [0.05, 0.1) is 5.69 Å². The van der Waals surface area contributed by atoms with Crippen molar-refractivity contribution >= 4 is 21.9 Å². The lowest BCUT2D eigenvalue weighted by Crippen LogP contribution is -2.31. The number of rotatable bonds is 2. The predicted molar refractivity (Wildman–Crippen MR) is 78.4 cm³/mol. The summed E-state index contributed by atoms with van der Waals surface area (Å²) in [5.41, 5.74) is 9.21. The molecule has 0 fully saturated rings. The number of fused-ring (bicyclic) bond motifs is 1. The zero-order valence-electron chi connectivity index (χ0n) is 10.5. The van der Waals surface area contributed by atoms with Crippen molar-refractivity contribution < 1.29 is 0 Å². The molecule has 0 unspecified atom stereocenters. The van der Waals surface area contributed by atoms with Gasteiger partial charge in [0.25, 0.3) is 0 Å². The second-order valence-electron chi connectivity index (χ2n) is 4.75. The number of nitrogens with two attached hydrogens (primary N) is 1. The lowest BCUT2D eigenvalue weighted by molar-refractivity contribution is 0.242. The third-order valence-electron chi connectivity index (χ3n) is 3.38. The molecule has 2 aromatic rings. The molecule has 19 heavy (non-hydrogen) atoms. The van der Waals surface area contributed by atoms with Gasteiger partial charge in [0.1, 0.15) is 0 Å². The fraction of sp³-hybridized carbons (Fsp3) is 0.286. The van der Waals surface area contributed by atoms with Gasteiger partial charge in [-0.3, -0.25) is 4.90 Å². The van der Waals surface area contributed by atoms with Crippen LogP contribution in [-0.2, 0) is 19.5 Å². The molecule has 0 bridgehead atoms. The number of benzene rings is 1.